The van der Waals surface area contributed by atoms with E-state index in [1.807, 2.05) is 0 Å². The van der Waals surface area contributed by atoms with Crippen molar-refractivity contribution in [1.82, 2.24) is 4.90 Å². The highest BCUT2D eigenvalue weighted by Crippen LogP contribution is 2.34. The molecule has 24 heavy (non-hydrogen) atoms. The van der Waals surface area contributed by atoms with Crippen LogP contribution in [0.1, 0.15) is 0 Å². The molecule has 0 bridgehead atoms. The second-order valence-electron chi connectivity index (χ2n) is 4.81. The molecule has 0 aromatic heterocycles. The van der Waals surface area contributed by atoms with Gasteiger partial charge in [-0.1, -0.05) is 17.7 Å². The van der Waals surface area contributed by atoms with E-state index in [4.69, 9.17) is 16.7 Å². The fourth-order valence-electron chi connectivity index (χ4n) is 2.29. The molecule has 0 saturated heterocycles. The third kappa shape index (κ3) is 3.31. The van der Waals surface area contributed by atoms with E-state index in [0.717, 1.165) is 7.11 Å². The minimum atomic E-state index is -0.740. The number of aliphatic hydroxyl groups excluding tert-OH is 1. The Labute approximate surface area is 141 Å². The molecule has 128 valence electrons. The number of esters is 1. The first-order chi connectivity index (χ1) is 11.4. The lowest BCUT2D eigenvalue weighted by atomic mass is 10.2. The summed E-state index contributed by atoms with van der Waals surface area (Å²) in [7, 11) is 1.16. The first-order valence-corrected chi connectivity index (χ1v) is 7.20. The molecule has 0 aliphatic carbocycles. The summed E-state index contributed by atoms with van der Waals surface area (Å²) >= 11 is 5.83. The number of nitro benzene ring substituents is 1. The highest BCUT2D eigenvalue weighted by Gasteiger charge is 2.35. The number of ether oxygens (including phenoxy) is 1. The van der Waals surface area contributed by atoms with E-state index in [9.17, 15) is 19.7 Å². The van der Waals surface area contributed by atoms with Crippen LogP contribution >= 0.6 is 11.6 Å². The minimum absolute atomic E-state index is 0.0160. The number of nitro groups is 1. The molecule has 1 heterocycles. The van der Waals surface area contributed by atoms with Crippen molar-refractivity contribution < 1.29 is 24.4 Å². The average molecular weight is 356 g/mol. The van der Waals surface area contributed by atoms with Crippen LogP contribution in [0.15, 0.2) is 29.5 Å². The summed E-state index contributed by atoms with van der Waals surface area (Å²) in [5.74, 6) is -1.31. The second-order valence-corrected chi connectivity index (χ2v) is 5.22. The van der Waals surface area contributed by atoms with E-state index in [0.29, 0.717) is 0 Å². The Balaban J connectivity index is 2.45. The Bertz CT molecular complexity index is 733. The van der Waals surface area contributed by atoms with Gasteiger partial charge in [0.15, 0.2) is 0 Å². The van der Waals surface area contributed by atoms with Gasteiger partial charge in [-0.05, 0) is 12.1 Å². The van der Waals surface area contributed by atoms with Crippen molar-refractivity contribution in [1.29, 1.82) is 0 Å². The number of para-hydroxylation sites is 1. The quantitative estimate of drug-likeness (QED) is 0.442. The van der Waals surface area contributed by atoms with Gasteiger partial charge in [-0.25, -0.2) is 4.79 Å². The van der Waals surface area contributed by atoms with E-state index in [2.05, 4.69) is 10.1 Å². The van der Waals surface area contributed by atoms with Gasteiger partial charge in [0.2, 0.25) is 0 Å². The van der Waals surface area contributed by atoms with Crippen LogP contribution in [0.25, 0.3) is 0 Å². The van der Waals surface area contributed by atoms with Gasteiger partial charge < -0.3 is 20.1 Å². The zero-order chi connectivity index (χ0) is 17.9. The maximum atomic E-state index is 12.4. The van der Waals surface area contributed by atoms with Crippen LogP contribution < -0.4 is 5.32 Å². The molecular formula is C14H14ClN3O6. The number of carbonyl (C=O) groups excluding carboxylic acids is 2. The first-order valence-electron chi connectivity index (χ1n) is 6.82. The number of amides is 1. The van der Waals surface area contributed by atoms with Gasteiger partial charge in [0, 0.05) is 6.54 Å². The smallest absolute Gasteiger partial charge is 0.337 e. The fraction of sp³-hybridized carbons (Fsp3) is 0.286. The number of nitrogens with one attached hydrogen (secondary N) is 1. The number of hydrogen-bond donors (Lipinski definition) is 2. The molecule has 1 amide bonds. The number of β-amino-alcohol motifs (C(OH)–C–C–N with tert-alkyl or cyclic N) is 1. The summed E-state index contributed by atoms with van der Waals surface area (Å²) in [6.07, 6.45) is 0. The summed E-state index contributed by atoms with van der Waals surface area (Å²) in [5.41, 5.74) is -0.557. The van der Waals surface area contributed by atoms with Crippen LogP contribution in [0.4, 0.5) is 11.4 Å². The van der Waals surface area contributed by atoms with Crippen molar-refractivity contribution in [2.75, 3.05) is 32.1 Å². The van der Waals surface area contributed by atoms with Gasteiger partial charge in [0.25, 0.3) is 5.91 Å². The van der Waals surface area contributed by atoms with Crippen molar-refractivity contribution in [2.45, 2.75) is 0 Å². The van der Waals surface area contributed by atoms with E-state index in [1.54, 1.807) is 0 Å². The van der Waals surface area contributed by atoms with Gasteiger partial charge >= 0.3 is 11.7 Å². The summed E-state index contributed by atoms with van der Waals surface area (Å²) in [4.78, 5) is 36.0. The zero-order valence-electron chi connectivity index (χ0n) is 12.6. The SMILES string of the molecule is COC(=O)C1=C(Nc2cccc(Cl)c2[N+](=O)[O-])C(=O)N(CCO)C1. The third-order valence-electron chi connectivity index (χ3n) is 3.38. The van der Waals surface area contributed by atoms with E-state index < -0.39 is 22.5 Å². The van der Waals surface area contributed by atoms with Crippen molar-refractivity contribution >= 4 is 34.9 Å². The van der Waals surface area contributed by atoms with E-state index in [1.165, 1.54) is 23.1 Å². The molecule has 1 aliphatic heterocycles. The Morgan fingerprint density at radius 3 is 2.83 bits per heavy atom. The van der Waals surface area contributed by atoms with Crippen LogP contribution in [-0.4, -0.2) is 53.6 Å². The van der Waals surface area contributed by atoms with Crippen molar-refractivity contribution in [3.8, 4) is 0 Å². The molecule has 1 aromatic carbocycles. The standard InChI is InChI=1S/C14H14ClN3O6/c1-24-14(21)8-7-17(5-6-19)13(20)11(8)16-10-4-2-3-9(15)12(10)18(22)23/h2-4,16,19H,5-7H2,1H3. The molecule has 9 nitrogen and oxygen atoms in total. The fourth-order valence-corrected chi connectivity index (χ4v) is 2.53. The van der Waals surface area contributed by atoms with Crippen LogP contribution in [0.3, 0.4) is 0 Å². The van der Waals surface area contributed by atoms with Crippen molar-refractivity contribution in [2.24, 2.45) is 0 Å². The lowest BCUT2D eigenvalue weighted by molar-refractivity contribution is -0.383. The molecule has 0 spiro atoms. The number of anilines is 1. The van der Waals surface area contributed by atoms with Gasteiger partial charge in [0.05, 0.1) is 30.8 Å². The monoisotopic (exact) mass is 355 g/mol. The normalized spacial score (nSPS) is 14.1. The molecule has 2 rings (SSSR count). The topological polar surface area (TPSA) is 122 Å². The lowest BCUT2D eigenvalue weighted by Gasteiger charge is -2.15. The van der Waals surface area contributed by atoms with Crippen molar-refractivity contribution in [3.05, 3.63) is 44.6 Å². The maximum Gasteiger partial charge on any atom is 0.337 e. The van der Waals surface area contributed by atoms with Crippen LogP contribution in [-0.2, 0) is 14.3 Å². The number of nitrogens with zero attached hydrogens (tertiary/aromatic N) is 2. The maximum absolute atomic E-state index is 12.4. The highest BCUT2D eigenvalue weighted by atomic mass is 35.5. The minimum Gasteiger partial charge on any atom is -0.466 e. The predicted octanol–water partition coefficient (Wildman–Crippen LogP) is 0.922. The molecular weight excluding hydrogens is 342 g/mol. The molecule has 1 aliphatic rings. The first kappa shape index (κ1) is 17.7. The van der Waals surface area contributed by atoms with Crippen LogP contribution in [0.5, 0.6) is 0 Å². The number of benzene rings is 1. The molecule has 0 fully saturated rings. The number of hydrogen-bond acceptors (Lipinski definition) is 7. The third-order valence-corrected chi connectivity index (χ3v) is 3.69. The zero-order valence-corrected chi connectivity index (χ0v) is 13.4. The van der Waals surface area contributed by atoms with Gasteiger partial charge in [-0.15, -0.1) is 0 Å². The number of methoxy groups -OCH3 is 1. The Morgan fingerprint density at radius 1 is 1.54 bits per heavy atom. The van der Waals surface area contributed by atoms with E-state index in [-0.39, 0.29) is 41.7 Å². The number of halogens is 1. The van der Waals surface area contributed by atoms with Crippen molar-refractivity contribution in [3.63, 3.8) is 0 Å². The lowest BCUT2D eigenvalue weighted by Crippen LogP contribution is -2.31. The molecule has 10 heteroatoms. The average Bonchev–Trinajstić information content (AvgIpc) is 2.84. The highest BCUT2D eigenvalue weighted by molar-refractivity contribution is 6.33. The predicted molar refractivity (Wildman–Crippen MR) is 84.4 cm³/mol. The summed E-state index contributed by atoms with van der Waals surface area (Å²) in [6, 6.07) is 4.18. The van der Waals surface area contributed by atoms with E-state index >= 15 is 0 Å². The molecule has 0 saturated carbocycles. The molecule has 1 aromatic rings. The second kappa shape index (κ2) is 7.28. The van der Waals surface area contributed by atoms with Crippen LogP contribution in [0.2, 0.25) is 5.02 Å². The summed E-state index contributed by atoms with van der Waals surface area (Å²) < 4.78 is 4.64. The van der Waals surface area contributed by atoms with Gasteiger partial charge in [-0.3, -0.25) is 14.9 Å². The van der Waals surface area contributed by atoms with Crippen LogP contribution in [0, 0.1) is 10.1 Å². The largest absolute Gasteiger partial charge is 0.466 e. The number of rotatable bonds is 6. The summed E-state index contributed by atoms with van der Waals surface area (Å²) in [5, 5.41) is 22.7. The van der Waals surface area contributed by atoms with Gasteiger partial charge in [0.1, 0.15) is 16.4 Å². The number of carbonyl (C=O) groups is 2. The summed E-state index contributed by atoms with van der Waals surface area (Å²) in [6.45, 7) is -0.338. The Hall–Kier alpha value is -2.65. The number of aliphatic hydroxyl groups is 1. The molecule has 0 atom stereocenters. The molecule has 2 N–H and O–H groups in total. The Kier molecular flexibility index (Phi) is 5.37. The molecule has 0 unspecified atom stereocenters. The van der Waals surface area contributed by atoms with Gasteiger partial charge in [-0.2, -0.15) is 0 Å². The Morgan fingerprint density at radius 2 is 2.25 bits per heavy atom. The molecule has 0 radical (unpaired) electrons.